The third-order valence-electron chi connectivity index (χ3n) is 2.24. The maximum atomic E-state index is 10.6. The van der Waals surface area contributed by atoms with E-state index in [0.717, 1.165) is 19.4 Å². The molecule has 4 N–H and O–H groups in total. The topological polar surface area (TPSA) is 78.3 Å². The van der Waals surface area contributed by atoms with Gasteiger partial charge >= 0.3 is 0 Å². The number of rotatable bonds is 3. The first-order valence-electron chi connectivity index (χ1n) is 4.32. The molecule has 0 aromatic carbocycles. The summed E-state index contributed by atoms with van der Waals surface area (Å²) in [6.45, 7) is 1.49. The summed E-state index contributed by atoms with van der Waals surface area (Å²) in [7, 11) is 0. The Kier molecular flexibility index (Phi) is 3.49. The second-order valence-corrected chi connectivity index (χ2v) is 3.31. The minimum absolute atomic E-state index is 0.122. The molecule has 0 aromatic rings. The monoisotopic (exact) mass is 172 g/mol. The van der Waals surface area contributed by atoms with Gasteiger partial charge in [0.1, 0.15) is 0 Å². The highest BCUT2D eigenvalue weighted by molar-refractivity contribution is 5.74. The zero-order valence-electron chi connectivity index (χ0n) is 7.16. The first-order valence-corrected chi connectivity index (χ1v) is 4.32. The van der Waals surface area contributed by atoms with E-state index in [9.17, 15) is 4.79 Å². The van der Waals surface area contributed by atoms with Crippen LogP contribution in [-0.2, 0) is 9.53 Å². The van der Waals surface area contributed by atoms with Crippen LogP contribution in [0.4, 0.5) is 0 Å². The summed E-state index contributed by atoms with van der Waals surface area (Å²) in [5.74, 6) is -0.0145. The van der Waals surface area contributed by atoms with Crippen molar-refractivity contribution in [2.45, 2.75) is 25.3 Å². The molecule has 4 nitrogen and oxygen atoms in total. The van der Waals surface area contributed by atoms with E-state index in [1.807, 2.05) is 0 Å². The van der Waals surface area contributed by atoms with E-state index in [2.05, 4.69) is 0 Å². The Morgan fingerprint density at radius 3 is 2.92 bits per heavy atom. The van der Waals surface area contributed by atoms with Gasteiger partial charge in [-0.2, -0.15) is 0 Å². The van der Waals surface area contributed by atoms with Gasteiger partial charge < -0.3 is 16.2 Å². The number of ether oxygens (including phenoxy) is 1. The van der Waals surface area contributed by atoms with Crippen molar-refractivity contribution in [3.05, 3.63) is 0 Å². The van der Waals surface area contributed by atoms with E-state index in [-0.39, 0.29) is 18.4 Å². The molecule has 12 heavy (non-hydrogen) atoms. The van der Waals surface area contributed by atoms with Crippen LogP contribution in [0.3, 0.4) is 0 Å². The normalized spacial score (nSPS) is 26.6. The number of carbonyl (C=O) groups excluding carboxylic acids is 1. The zero-order valence-corrected chi connectivity index (χ0v) is 7.16. The molecule has 1 aliphatic rings. The van der Waals surface area contributed by atoms with Crippen LogP contribution in [0.5, 0.6) is 0 Å². The molecular weight excluding hydrogens is 156 g/mol. The molecule has 4 heteroatoms. The molecule has 0 aliphatic carbocycles. The number of primary amides is 1. The van der Waals surface area contributed by atoms with Gasteiger partial charge in [0.15, 0.2) is 0 Å². The largest absolute Gasteiger partial charge is 0.381 e. The summed E-state index contributed by atoms with van der Waals surface area (Å²) in [6.07, 6.45) is 2.36. The first-order chi connectivity index (χ1) is 5.70. The van der Waals surface area contributed by atoms with E-state index in [4.69, 9.17) is 16.2 Å². The van der Waals surface area contributed by atoms with E-state index in [1.54, 1.807) is 0 Å². The van der Waals surface area contributed by atoms with Crippen molar-refractivity contribution in [3.63, 3.8) is 0 Å². The molecule has 1 unspecified atom stereocenters. The maximum Gasteiger partial charge on any atom is 0.218 e. The van der Waals surface area contributed by atoms with Gasteiger partial charge in [-0.15, -0.1) is 0 Å². The van der Waals surface area contributed by atoms with E-state index in [1.165, 1.54) is 0 Å². The first kappa shape index (κ1) is 9.48. The van der Waals surface area contributed by atoms with Crippen molar-refractivity contribution >= 4 is 5.91 Å². The molecule has 0 saturated carbocycles. The highest BCUT2D eigenvalue weighted by Crippen LogP contribution is 2.17. The summed E-state index contributed by atoms with van der Waals surface area (Å²) < 4.78 is 5.25. The van der Waals surface area contributed by atoms with Gasteiger partial charge in [-0.05, 0) is 18.8 Å². The van der Waals surface area contributed by atoms with Gasteiger partial charge in [0, 0.05) is 19.1 Å². The van der Waals surface area contributed by atoms with Gasteiger partial charge in [0.05, 0.1) is 6.61 Å². The minimum atomic E-state index is -0.326. The molecule has 0 radical (unpaired) electrons. The predicted octanol–water partition coefficient (Wildman–Crippen LogP) is -0.384. The molecule has 0 spiro atoms. The van der Waals surface area contributed by atoms with Crippen LogP contribution in [0.2, 0.25) is 0 Å². The van der Waals surface area contributed by atoms with Crippen LogP contribution in [-0.4, -0.2) is 25.2 Å². The number of hydrogen-bond acceptors (Lipinski definition) is 3. The second kappa shape index (κ2) is 4.42. The lowest BCUT2D eigenvalue weighted by molar-refractivity contribution is -0.118. The fourth-order valence-electron chi connectivity index (χ4n) is 1.50. The predicted molar refractivity (Wildman–Crippen MR) is 45.3 cm³/mol. The standard InChI is InChI=1S/C8H16N2O2/c9-7(4-8(10)11)6-2-1-3-12-5-6/h6-7H,1-5,9H2,(H2,10,11)/t6?,7-/m0/s1. The van der Waals surface area contributed by atoms with Crippen LogP contribution in [0.25, 0.3) is 0 Å². The Hall–Kier alpha value is -0.610. The molecule has 0 bridgehead atoms. The summed E-state index contributed by atoms with van der Waals surface area (Å²) in [5, 5.41) is 0. The SMILES string of the molecule is NC(=O)C[C@H](N)C1CCCOC1. The van der Waals surface area contributed by atoms with Gasteiger partial charge in [-0.1, -0.05) is 0 Å². The zero-order chi connectivity index (χ0) is 8.97. The Morgan fingerprint density at radius 2 is 2.42 bits per heavy atom. The molecule has 70 valence electrons. The second-order valence-electron chi connectivity index (χ2n) is 3.31. The number of hydrogen-bond donors (Lipinski definition) is 2. The van der Waals surface area contributed by atoms with Crippen LogP contribution in [0, 0.1) is 5.92 Å². The fraction of sp³-hybridized carbons (Fsp3) is 0.875. The number of amides is 1. The third-order valence-corrected chi connectivity index (χ3v) is 2.24. The van der Waals surface area contributed by atoms with Crippen LogP contribution < -0.4 is 11.5 Å². The van der Waals surface area contributed by atoms with Crippen molar-refractivity contribution in [3.8, 4) is 0 Å². The quantitative estimate of drug-likeness (QED) is 0.609. The lowest BCUT2D eigenvalue weighted by Crippen LogP contribution is -2.38. The highest BCUT2D eigenvalue weighted by atomic mass is 16.5. The Bertz CT molecular complexity index is 155. The Morgan fingerprint density at radius 1 is 1.67 bits per heavy atom. The highest BCUT2D eigenvalue weighted by Gasteiger charge is 2.22. The number of carbonyl (C=O) groups is 1. The number of nitrogens with two attached hydrogens (primary N) is 2. The van der Waals surface area contributed by atoms with E-state index >= 15 is 0 Å². The molecular formula is C8H16N2O2. The van der Waals surface area contributed by atoms with Crippen LogP contribution in [0.15, 0.2) is 0 Å². The van der Waals surface area contributed by atoms with Crippen molar-refractivity contribution in [1.29, 1.82) is 0 Å². The Balaban J connectivity index is 2.29. The maximum absolute atomic E-state index is 10.6. The lowest BCUT2D eigenvalue weighted by atomic mass is 9.92. The molecule has 1 saturated heterocycles. The van der Waals surface area contributed by atoms with Crippen LogP contribution >= 0.6 is 0 Å². The van der Waals surface area contributed by atoms with Crippen molar-refractivity contribution < 1.29 is 9.53 Å². The minimum Gasteiger partial charge on any atom is -0.381 e. The Labute approximate surface area is 72.2 Å². The molecule has 0 aromatic heterocycles. The molecule has 1 aliphatic heterocycles. The smallest absolute Gasteiger partial charge is 0.218 e. The fourth-order valence-corrected chi connectivity index (χ4v) is 1.50. The summed E-state index contributed by atoms with van der Waals surface area (Å²) in [5.41, 5.74) is 10.8. The lowest BCUT2D eigenvalue weighted by Gasteiger charge is -2.26. The molecule has 1 amide bonds. The van der Waals surface area contributed by atoms with Gasteiger partial charge in [0.25, 0.3) is 0 Å². The van der Waals surface area contributed by atoms with E-state index < -0.39 is 0 Å². The summed E-state index contributed by atoms with van der Waals surface area (Å²) in [6, 6.07) is -0.122. The van der Waals surface area contributed by atoms with Crippen molar-refractivity contribution in [1.82, 2.24) is 0 Å². The van der Waals surface area contributed by atoms with Gasteiger partial charge in [-0.25, -0.2) is 0 Å². The summed E-state index contributed by atoms with van der Waals surface area (Å²) >= 11 is 0. The third kappa shape index (κ3) is 2.79. The average Bonchev–Trinajstić information content (AvgIpc) is 2.05. The average molecular weight is 172 g/mol. The van der Waals surface area contributed by atoms with Gasteiger partial charge in [-0.3, -0.25) is 4.79 Å². The molecule has 2 atom stereocenters. The van der Waals surface area contributed by atoms with Crippen molar-refractivity contribution in [2.75, 3.05) is 13.2 Å². The van der Waals surface area contributed by atoms with E-state index in [0.29, 0.717) is 12.5 Å². The van der Waals surface area contributed by atoms with Crippen LogP contribution in [0.1, 0.15) is 19.3 Å². The molecule has 1 heterocycles. The molecule has 1 fully saturated rings. The van der Waals surface area contributed by atoms with Crippen molar-refractivity contribution in [2.24, 2.45) is 17.4 Å². The molecule has 1 rings (SSSR count). The summed E-state index contributed by atoms with van der Waals surface area (Å²) in [4.78, 5) is 10.6. The van der Waals surface area contributed by atoms with Gasteiger partial charge in [0.2, 0.25) is 5.91 Å².